The van der Waals surface area contributed by atoms with E-state index in [1.165, 1.54) is 4.90 Å². The van der Waals surface area contributed by atoms with E-state index in [4.69, 9.17) is 9.47 Å². The number of nitrogens with one attached hydrogen (secondary N) is 2. The lowest BCUT2D eigenvalue weighted by Gasteiger charge is -2.39. The number of hydrogen-bond donors (Lipinski definition) is 3. The molecule has 214 valence electrons. The van der Waals surface area contributed by atoms with Gasteiger partial charge in [0, 0.05) is 17.3 Å². The Labute approximate surface area is 231 Å². The summed E-state index contributed by atoms with van der Waals surface area (Å²) in [5.74, 6) is -0.719. The SMILES string of the molecule is CCC(C)N(C(=O)C(NC(=O)OC(C)(C)C)C(C)C)C(C(=O)Nc1ccc(OC)cc1)c1cccc(C)c1O. The Morgan fingerprint density at radius 3 is 2.15 bits per heavy atom. The Hall–Kier alpha value is -3.75. The van der Waals surface area contributed by atoms with Crippen LogP contribution in [0, 0.1) is 12.8 Å². The van der Waals surface area contributed by atoms with Gasteiger partial charge in [0.15, 0.2) is 0 Å². The topological polar surface area (TPSA) is 117 Å². The molecular weight excluding hydrogens is 498 g/mol. The first-order valence-corrected chi connectivity index (χ1v) is 13.2. The largest absolute Gasteiger partial charge is 0.507 e. The maximum atomic E-state index is 14.2. The molecule has 3 N–H and O–H groups in total. The first-order chi connectivity index (χ1) is 18.2. The number of carbonyl (C=O) groups excluding carboxylic acids is 3. The van der Waals surface area contributed by atoms with Crippen molar-refractivity contribution in [1.29, 1.82) is 0 Å². The van der Waals surface area contributed by atoms with Crippen molar-refractivity contribution in [3.05, 3.63) is 53.6 Å². The molecule has 0 aromatic heterocycles. The second-order valence-corrected chi connectivity index (χ2v) is 11.0. The highest BCUT2D eigenvalue weighted by Crippen LogP contribution is 2.35. The normalized spacial score (nSPS) is 13.7. The fourth-order valence-corrected chi connectivity index (χ4v) is 4.11. The van der Waals surface area contributed by atoms with Crippen LogP contribution in [0.2, 0.25) is 0 Å². The minimum atomic E-state index is -1.18. The monoisotopic (exact) mass is 541 g/mol. The Kier molecular flexibility index (Phi) is 10.8. The van der Waals surface area contributed by atoms with E-state index < -0.39 is 41.6 Å². The van der Waals surface area contributed by atoms with Crippen LogP contribution in [-0.4, -0.2) is 52.7 Å². The minimum absolute atomic E-state index is 0.0744. The average Bonchev–Trinajstić information content (AvgIpc) is 2.86. The zero-order valence-electron chi connectivity index (χ0n) is 24.5. The number of amides is 3. The number of carbonyl (C=O) groups is 3. The standard InChI is InChI=1S/C30H43N3O6/c1-10-20(5)33(28(36)24(18(2)3)32-29(37)39-30(6,7)8)25(23-13-11-12-19(4)26(23)34)27(35)31-21-14-16-22(38-9)17-15-21/h11-18,20,24-25,34H,10H2,1-9H3,(H,31,35)(H,32,37). The number of rotatable bonds is 10. The summed E-state index contributed by atoms with van der Waals surface area (Å²) in [6.07, 6.45) is -0.196. The zero-order chi connectivity index (χ0) is 29.5. The Balaban J connectivity index is 2.60. The lowest BCUT2D eigenvalue weighted by molar-refractivity contribution is -0.144. The second-order valence-electron chi connectivity index (χ2n) is 11.0. The smallest absolute Gasteiger partial charge is 0.408 e. The van der Waals surface area contributed by atoms with Gasteiger partial charge in [0.1, 0.15) is 29.2 Å². The first kappa shape index (κ1) is 31.5. The van der Waals surface area contributed by atoms with Gasteiger partial charge in [-0.1, -0.05) is 39.0 Å². The number of phenols is 1. The maximum absolute atomic E-state index is 14.2. The molecule has 3 unspecified atom stereocenters. The van der Waals surface area contributed by atoms with Crippen molar-refractivity contribution in [1.82, 2.24) is 10.2 Å². The Morgan fingerprint density at radius 2 is 1.64 bits per heavy atom. The summed E-state index contributed by atoms with van der Waals surface area (Å²) < 4.78 is 10.6. The highest BCUT2D eigenvalue weighted by molar-refractivity contribution is 5.99. The predicted molar refractivity (Wildman–Crippen MR) is 152 cm³/mol. The lowest BCUT2D eigenvalue weighted by Crippen LogP contribution is -2.56. The van der Waals surface area contributed by atoms with Crippen LogP contribution in [0.15, 0.2) is 42.5 Å². The predicted octanol–water partition coefficient (Wildman–Crippen LogP) is 5.57. The van der Waals surface area contributed by atoms with E-state index in [1.54, 1.807) is 77.3 Å². The zero-order valence-corrected chi connectivity index (χ0v) is 24.5. The van der Waals surface area contributed by atoms with Crippen molar-refractivity contribution in [2.45, 2.75) is 85.5 Å². The summed E-state index contributed by atoms with van der Waals surface area (Å²) in [7, 11) is 1.55. The molecule has 0 fully saturated rings. The van der Waals surface area contributed by atoms with Gasteiger partial charge in [0.25, 0.3) is 5.91 Å². The molecule has 2 rings (SSSR count). The van der Waals surface area contributed by atoms with Gasteiger partial charge in [-0.25, -0.2) is 4.79 Å². The summed E-state index contributed by atoms with van der Waals surface area (Å²) in [5, 5.41) is 16.6. The summed E-state index contributed by atoms with van der Waals surface area (Å²) in [5.41, 5.74) is 0.606. The molecule has 3 amide bonds. The van der Waals surface area contributed by atoms with Crippen molar-refractivity contribution < 1.29 is 29.0 Å². The first-order valence-electron chi connectivity index (χ1n) is 13.2. The van der Waals surface area contributed by atoms with Crippen LogP contribution >= 0.6 is 0 Å². The van der Waals surface area contributed by atoms with Crippen LogP contribution in [0.4, 0.5) is 10.5 Å². The highest BCUT2D eigenvalue weighted by atomic mass is 16.6. The second kappa shape index (κ2) is 13.4. The van der Waals surface area contributed by atoms with Crippen molar-refractivity contribution in [3.8, 4) is 11.5 Å². The van der Waals surface area contributed by atoms with Gasteiger partial charge in [-0.2, -0.15) is 0 Å². The molecule has 9 nitrogen and oxygen atoms in total. The number of ether oxygens (including phenoxy) is 2. The average molecular weight is 542 g/mol. The van der Waals surface area contributed by atoms with E-state index >= 15 is 0 Å². The van der Waals surface area contributed by atoms with Crippen LogP contribution in [0.1, 0.15) is 72.1 Å². The summed E-state index contributed by atoms with van der Waals surface area (Å²) in [6, 6.07) is 9.34. The van der Waals surface area contributed by atoms with Crippen LogP contribution in [0.5, 0.6) is 11.5 Å². The number of methoxy groups -OCH3 is 1. The molecule has 0 heterocycles. The summed E-state index contributed by atoms with van der Waals surface area (Å²) in [6.45, 7) is 14.3. The van der Waals surface area contributed by atoms with Crippen molar-refractivity contribution in [2.24, 2.45) is 5.92 Å². The lowest BCUT2D eigenvalue weighted by atomic mass is 9.95. The molecule has 39 heavy (non-hydrogen) atoms. The molecule has 0 saturated carbocycles. The molecule has 0 spiro atoms. The Morgan fingerprint density at radius 1 is 1.03 bits per heavy atom. The molecule has 0 radical (unpaired) electrons. The quantitative estimate of drug-likeness (QED) is 0.362. The number of para-hydroxylation sites is 1. The van der Waals surface area contributed by atoms with Gasteiger partial charge in [-0.05, 0) is 76.8 Å². The molecule has 0 aliphatic heterocycles. The fourth-order valence-electron chi connectivity index (χ4n) is 4.11. The molecule has 0 aliphatic carbocycles. The van der Waals surface area contributed by atoms with Crippen molar-refractivity contribution in [3.63, 3.8) is 0 Å². The van der Waals surface area contributed by atoms with Crippen LogP contribution in [-0.2, 0) is 14.3 Å². The Bertz CT molecular complexity index is 1140. The van der Waals surface area contributed by atoms with Gasteiger partial charge < -0.3 is 30.1 Å². The third-order valence-electron chi connectivity index (χ3n) is 6.37. The molecule has 0 saturated heterocycles. The molecule has 0 bridgehead atoms. The molecule has 9 heteroatoms. The number of hydrogen-bond acceptors (Lipinski definition) is 6. The van der Waals surface area contributed by atoms with Gasteiger partial charge in [0.2, 0.25) is 5.91 Å². The molecule has 3 atom stereocenters. The third kappa shape index (κ3) is 8.37. The van der Waals surface area contributed by atoms with Crippen molar-refractivity contribution in [2.75, 3.05) is 12.4 Å². The maximum Gasteiger partial charge on any atom is 0.408 e. The minimum Gasteiger partial charge on any atom is -0.507 e. The number of anilines is 1. The van der Waals surface area contributed by atoms with E-state index in [0.717, 1.165) is 0 Å². The molecule has 0 aliphatic rings. The van der Waals surface area contributed by atoms with E-state index in [2.05, 4.69) is 10.6 Å². The van der Waals surface area contributed by atoms with E-state index in [-0.39, 0.29) is 17.2 Å². The fraction of sp³-hybridized carbons (Fsp3) is 0.500. The third-order valence-corrected chi connectivity index (χ3v) is 6.37. The molecule has 2 aromatic rings. The van der Waals surface area contributed by atoms with Crippen LogP contribution < -0.4 is 15.4 Å². The number of benzene rings is 2. The number of aryl methyl sites for hydroxylation is 1. The number of aromatic hydroxyl groups is 1. The number of alkyl carbamates (subject to hydrolysis) is 1. The molecule has 2 aromatic carbocycles. The van der Waals surface area contributed by atoms with Gasteiger partial charge >= 0.3 is 6.09 Å². The van der Waals surface area contributed by atoms with Gasteiger partial charge in [-0.15, -0.1) is 0 Å². The van der Waals surface area contributed by atoms with Crippen LogP contribution in [0.25, 0.3) is 0 Å². The van der Waals surface area contributed by atoms with Gasteiger partial charge in [0.05, 0.1) is 7.11 Å². The van der Waals surface area contributed by atoms with E-state index in [1.807, 2.05) is 27.7 Å². The molecular formula is C30H43N3O6. The van der Waals surface area contributed by atoms with E-state index in [0.29, 0.717) is 23.4 Å². The van der Waals surface area contributed by atoms with E-state index in [9.17, 15) is 19.5 Å². The van der Waals surface area contributed by atoms with Gasteiger partial charge in [-0.3, -0.25) is 9.59 Å². The van der Waals surface area contributed by atoms with Crippen molar-refractivity contribution >= 4 is 23.6 Å². The summed E-state index contributed by atoms with van der Waals surface area (Å²) >= 11 is 0. The highest BCUT2D eigenvalue weighted by Gasteiger charge is 2.40. The van der Waals surface area contributed by atoms with Crippen LogP contribution in [0.3, 0.4) is 0 Å². The summed E-state index contributed by atoms with van der Waals surface area (Å²) in [4.78, 5) is 42.3. The number of phenolic OH excluding ortho intramolecular Hbond substituents is 1. The number of nitrogens with zero attached hydrogens (tertiary/aromatic N) is 1.